The Kier molecular flexibility index (Phi) is 2.88. The van der Waals surface area contributed by atoms with Gasteiger partial charge in [0.1, 0.15) is 0 Å². The van der Waals surface area contributed by atoms with E-state index >= 15 is 0 Å². The van der Waals surface area contributed by atoms with Crippen LogP contribution in [-0.2, 0) is 6.18 Å². The molecule has 0 amide bonds. The fourth-order valence-corrected chi connectivity index (χ4v) is 2.04. The van der Waals surface area contributed by atoms with Gasteiger partial charge in [-0.25, -0.2) is 9.97 Å². The van der Waals surface area contributed by atoms with Gasteiger partial charge in [-0.05, 0) is 25.0 Å². The molecule has 6 heteroatoms. The molecule has 1 heterocycles. The molecule has 104 valence electrons. The summed E-state index contributed by atoms with van der Waals surface area (Å²) in [7, 11) is 0. The highest BCUT2D eigenvalue weighted by molar-refractivity contribution is 5.58. The van der Waals surface area contributed by atoms with Crippen LogP contribution in [-0.4, -0.2) is 9.97 Å². The number of hydrogen-bond donors (Lipinski definition) is 1. The summed E-state index contributed by atoms with van der Waals surface area (Å²) in [5.74, 6) is 0.779. The van der Waals surface area contributed by atoms with Gasteiger partial charge in [0.25, 0.3) is 0 Å². The van der Waals surface area contributed by atoms with Gasteiger partial charge in [0.15, 0.2) is 5.82 Å². The summed E-state index contributed by atoms with van der Waals surface area (Å²) in [4.78, 5) is 8.47. The Balaban J connectivity index is 1.95. The summed E-state index contributed by atoms with van der Waals surface area (Å²) < 4.78 is 37.5. The second kappa shape index (κ2) is 4.47. The molecule has 1 fully saturated rings. The minimum Gasteiger partial charge on any atom is -0.396 e. The van der Waals surface area contributed by atoms with Crippen LogP contribution in [0, 0.1) is 0 Å². The number of aromatic nitrogens is 2. The highest BCUT2D eigenvalue weighted by Gasteiger charge is 2.30. The van der Waals surface area contributed by atoms with E-state index in [1.54, 1.807) is 0 Å². The van der Waals surface area contributed by atoms with Crippen LogP contribution in [0.1, 0.15) is 30.0 Å². The van der Waals surface area contributed by atoms with E-state index in [1.807, 2.05) is 0 Å². The largest absolute Gasteiger partial charge is 0.416 e. The molecule has 0 unspecified atom stereocenters. The molecule has 1 aliphatic carbocycles. The standard InChI is InChI=1S/C14H12F3N3/c15-14(16,17)10-5-3-9(4-6-10)13-19-7-11(18)12(20-13)8-1-2-8/h3-8H,1-2,18H2. The lowest BCUT2D eigenvalue weighted by atomic mass is 10.1. The third-order valence-electron chi connectivity index (χ3n) is 3.28. The zero-order valence-electron chi connectivity index (χ0n) is 10.5. The van der Waals surface area contributed by atoms with Crippen molar-refractivity contribution in [3.05, 3.63) is 41.7 Å². The number of rotatable bonds is 2. The SMILES string of the molecule is Nc1cnc(-c2ccc(C(F)(F)F)cc2)nc1C1CC1. The first-order chi connectivity index (χ1) is 9.45. The number of nitrogen functional groups attached to an aromatic ring is 1. The molecule has 3 rings (SSSR count). The number of halogens is 3. The van der Waals surface area contributed by atoms with Crippen LogP contribution in [0.15, 0.2) is 30.5 Å². The number of nitrogens with zero attached hydrogens (tertiary/aromatic N) is 2. The third kappa shape index (κ3) is 2.45. The van der Waals surface area contributed by atoms with E-state index in [1.165, 1.54) is 18.3 Å². The van der Waals surface area contributed by atoms with Crippen molar-refractivity contribution in [1.29, 1.82) is 0 Å². The Hall–Kier alpha value is -2.11. The molecule has 0 radical (unpaired) electrons. The van der Waals surface area contributed by atoms with Gasteiger partial charge in [-0.15, -0.1) is 0 Å². The summed E-state index contributed by atoms with van der Waals surface area (Å²) in [6.07, 6.45) is -0.714. The van der Waals surface area contributed by atoms with Gasteiger partial charge in [0.2, 0.25) is 0 Å². The van der Waals surface area contributed by atoms with Gasteiger partial charge in [-0.3, -0.25) is 0 Å². The van der Waals surface area contributed by atoms with E-state index in [2.05, 4.69) is 9.97 Å². The lowest BCUT2D eigenvalue weighted by molar-refractivity contribution is -0.137. The van der Waals surface area contributed by atoms with E-state index in [0.717, 1.165) is 30.7 Å². The highest BCUT2D eigenvalue weighted by atomic mass is 19.4. The fourth-order valence-electron chi connectivity index (χ4n) is 2.04. The van der Waals surface area contributed by atoms with Crippen molar-refractivity contribution in [2.24, 2.45) is 0 Å². The monoisotopic (exact) mass is 279 g/mol. The summed E-state index contributed by atoms with van der Waals surface area (Å²) in [5, 5.41) is 0. The van der Waals surface area contributed by atoms with Gasteiger partial charge >= 0.3 is 6.18 Å². The van der Waals surface area contributed by atoms with Gasteiger partial charge < -0.3 is 5.73 Å². The first-order valence-electron chi connectivity index (χ1n) is 6.25. The lowest BCUT2D eigenvalue weighted by Crippen LogP contribution is -2.04. The molecule has 0 spiro atoms. The Morgan fingerprint density at radius 1 is 1.10 bits per heavy atom. The van der Waals surface area contributed by atoms with Gasteiger partial charge in [-0.1, -0.05) is 12.1 Å². The molecular weight excluding hydrogens is 267 g/mol. The average molecular weight is 279 g/mol. The van der Waals surface area contributed by atoms with Crippen LogP contribution >= 0.6 is 0 Å². The molecule has 2 N–H and O–H groups in total. The zero-order valence-corrected chi connectivity index (χ0v) is 10.5. The quantitative estimate of drug-likeness (QED) is 0.913. The number of nitrogens with two attached hydrogens (primary N) is 1. The van der Waals surface area contributed by atoms with Gasteiger partial charge in [0, 0.05) is 11.5 Å². The van der Waals surface area contributed by atoms with Crippen molar-refractivity contribution in [3.63, 3.8) is 0 Å². The van der Waals surface area contributed by atoms with Gasteiger partial charge in [0.05, 0.1) is 23.1 Å². The maximum atomic E-state index is 12.5. The van der Waals surface area contributed by atoms with Crippen molar-refractivity contribution in [1.82, 2.24) is 9.97 Å². The van der Waals surface area contributed by atoms with E-state index in [0.29, 0.717) is 23.0 Å². The smallest absolute Gasteiger partial charge is 0.396 e. The Labute approximate surface area is 113 Å². The van der Waals surface area contributed by atoms with Crippen LogP contribution in [0.3, 0.4) is 0 Å². The Morgan fingerprint density at radius 2 is 1.75 bits per heavy atom. The minimum atomic E-state index is -4.33. The van der Waals surface area contributed by atoms with Crippen LogP contribution in [0.25, 0.3) is 11.4 Å². The summed E-state index contributed by atoms with van der Waals surface area (Å²) in [5.41, 5.74) is 7.04. The van der Waals surface area contributed by atoms with Crippen LogP contribution < -0.4 is 5.73 Å². The first-order valence-corrected chi connectivity index (χ1v) is 6.25. The van der Waals surface area contributed by atoms with Crippen LogP contribution in [0.5, 0.6) is 0 Å². The Morgan fingerprint density at radius 3 is 2.30 bits per heavy atom. The van der Waals surface area contributed by atoms with Crippen LogP contribution in [0.4, 0.5) is 18.9 Å². The molecule has 1 aromatic heterocycles. The second-order valence-corrected chi connectivity index (χ2v) is 4.88. The molecular formula is C14H12F3N3. The van der Waals surface area contributed by atoms with E-state index in [9.17, 15) is 13.2 Å². The molecule has 20 heavy (non-hydrogen) atoms. The molecule has 1 aromatic carbocycles. The maximum Gasteiger partial charge on any atom is 0.416 e. The van der Waals surface area contributed by atoms with Crippen molar-refractivity contribution < 1.29 is 13.2 Å². The van der Waals surface area contributed by atoms with Crippen molar-refractivity contribution in [3.8, 4) is 11.4 Å². The number of hydrogen-bond acceptors (Lipinski definition) is 3. The molecule has 2 aromatic rings. The number of benzene rings is 1. The summed E-state index contributed by atoms with van der Waals surface area (Å²) in [6, 6.07) is 4.83. The van der Waals surface area contributed by atoms with E-state index in [4.69, 9.17) is 5.73 Å². The highest BCUT2D eigenvalue weighted by Crippen LogP contribution is 2.41. The maximum absolute atomic E-state index is 12.5. The first kappa shape index (κ1) is 12.9. The molecule has 1 aliphatic rings. The fraction of sp³-hybridized carbons (Fsp3) is 0.286. The average Bonchev–Trinajstić information content (AvgIpc) is 3.23. The molecule has 0 atom stereocenters. The lowest BCUT2D eigenvalue weighted by Gasteiger charge is -2.08. The van der Waals surface area contributed by atoms with Crippen molar-refractivity contribution >= 4 is 5.69 Å². The summed E-state index contributed by atoms with van der Waals surface area (Å²) >= 11 is 0. The third-order valence-corrected chi connectivity index (χ3v) is 3.28. The molecule has 3 nitrogen and oxygen atoms in total. The molecule has 0 aliphatic heterocycles. The Bertz CT molecular complexity index is 631. The molecule has 0 saturated heterocycles. The topological polar surface area (TPSA) is 51.8 Å². The van der Waals surface area contributed by atoms with E-state index < -0.39 is 11.7 Å². The predicted octanol–water partition coefficient (Wildman–Crippen LogP) is 3.62. The zero-order chi connectivity index (χ0) is 14.3. The number of anilines is 1. The van der Waals surface area contributed by atoms with Gasteiger partial charge in [-0.2, -0.15) is 13.2 Å². The second-order valence-electron chi connectivity index (χ2n) is 4.88. The summed E-state index contributed by atoms with van der Waals surface area (Å²) in [6.45, 7) is 0. The minimum absolute atomic E-state index is 0.367. The molecule has 0 bridgehead atoms. The number of alkyl halides is 3. The normalized spacial score (nSPS) is 15.3. The predicted molar refractivity (Wildman–Crippen MR) is 68.9 cm³/mol. The van der Waals surface area contributed by atoms with Crippen molar-refractivity contribution in [2.45, 2.75) is 24.9 Å². The van der Waals surface area contributed by atoms with Crippen molar-refractivity contribution in [2.75, 3.05) is 5.73 Å². The molecule has 1 saturated carbocycles. The van der Waals surface area contributed by atoms with Crippen LogP contribution in [0.2, 0.25) is 0 Å². The van der Waals surface area contributed by atoms with E-state index in [-0.39, 0.29) is 0 Å².